The number of imidazole rings is 1. The topological polar surface area (TPSA) is 67.4 Å². The summed E-state index contributed by atoms with van der Waals surface area (Å²) in [4.78, 5) is 12.9. The Kier molecular flexibility index (Phi) is 4.69. The number of hydrogen-bond acceptors (Lipinski definition) is 3. The molecule has 25 heavy (non-hydrogen) atoms. The lowest BCUT2D eigenvalue weighted by atomic mass is 10.0. The number of benzene rings is 2. The molecule has 3 aromatic rings. The number of nitrogens with zero attached hydrogens (tertiary/aromatic N) is 2. The summed E-state index contributed by atoms with van der Waals surface area (Å²) in [5, 5.41) is 19.7. The van der Waals surface area contributed by atoms with Crippen LogP contribution in [0.25, 0.3) is 11.0 Å². The highest BCUT2D eigenvalue weighted by Gasteiger charge is 2.29. The number of aryl methyl sites for hydroxylation is 1. The Morgan fingerprint density at radius 2 is 1.88 bits per heavy atom. The van der Waals surface area contributed by atoms with Crippen LogP contribution in [0, 0.1) is 11.6 Å². The van der Waals surface area contributed by atoms with E-state index in [2.05, 4.69) is 0 Å². The molecule has 7 heteroatoms. The fraction of sp³-hybridized carbons (Fsp3) is 0.278. The Morgan fingerprint density at radius 3 is 2.52 bits per heavy atom. The van der Waals surface area contributed by atoms with Crippen molar-refractivity contribution in [2.45, 2.75) is 25.6 Å². The molecule has 0 saturated carbocycles. The van der Waals surface area contributed by atoms with Gasteiger partial charge >= 0.3 is 5.69 Å². The molecular weight excluding hydrogens is 330 g/mol. The second-order valence-corrected chi connectivity index (χ2v) is 5.75. The standard InChI is InChI=1S/C18H18F2N2O3/c1-2-21-14-8-4-7-13(20)17(14)22(18(21)25)16(15(24)10-23)11-5-3-6-12(19)9-11/h3-9,15-16,23-24H,2,10H2,1H3/t15-,16+/m1/s1. The van der Waals surface area contributed by atoms with Crippen molar-refractivity contribution in [2.24, 2.45) is 0 Å². The molecule has 1 aromatic heterocycles. The molecule has 5 nitrogen and oxygen atoms in total. The SMILES string of the molecule is CCn1c(=O)n([C@@H](c2cccc(F)c2)[C@H](O)CO)c2c(F)cccc21. The van der Waals surface area contributed by atoms with Crippen molar-refractivity contribution in [3.63, 3.8) is 0 Å². The second kappa shape index (κ2) is 6.78. The van der Waals surface area contributed by atoms with Gasteiger partial charge in [0.15, 0.2) is 0 Å². The minimum absolute atomic E-state index is 0.0103. The second-order valence-electron chi connectivity index (χ2n) is 5.75. The van der Waals surface area contributed by atoms with Gasteiger partial charge in [-0.1, -0.05) is 18.2 Å². The van der Waals surface area contributed by atoms with E-state index in [-0.39, 0.29) is 11.1 Å². The molecule has 3 rings (SSSR count). The molecule has 0 unspecified atom stereocenters. The number of aromatic nitrogens is 2. The zero-order chi connectivity index (χ0) is 18.1. The van der Waals surface area contributed by atoms with Gasteiger partial charge in [-0.15, -0.1) is 0 Å². The van der Waals surface area contributed by atoms with Gasteiger partial charge in [-0.3, -0.25) is 9.13 Å². The summed E-state index contributed by atoms with van der Waals surface area (Å²) < 4.78 is 30.6. The number of para-hydroxylation sites is 1. The maximum atomic E-state index is 14.5. The molecule has 0 saturated heterocycles. The van der Waals surface area contributed by atoms with Gasteiger partial charge in [0.1, 0.15) is 23.3 Å². The van der Waals surface area contributed by atoms with Gasteiger partial charge in [-0.2, -0.15) is 0 Å². The monoisotopic (exact) mass is 348 g/mol. The van der Waals surface area contributed by atoms with E-state index in [1.165, 1.54) is 34.9 Å². The van der Waals surface area contributed by atoms with Crippen LogP contribution in [0.3, 0.4) is 0 Å². The van der Waals surface area contributed by atoms with Crippen molar-refractivity contribution in [1.82, 2.24) is 9.13 Å². The molecule has 0 aliphatic rings. The lowest BCUT2D eigenvalue weighted by Gasteiger charge is -2.23. The normalized spacial score (nSPS) is 14.0. The summed E-state index contributed by atoms with van der Waals surface area (Å²) in [5.74, 6) is -1.19. The molecule has 2 aromatic carbocycles. The minimum Gasteiger partial charge on any atom is -0.394 e. The highest BCUT2D eigenvalue weighted by atomic mass is 19.1. The first-order chi connectivity index (χ1) is 12.0. The highest BCUT2D eigenvalue weighted by molar-refractivity contribution is 5.77. The van der Waals surface area contributed by atoms with Crippen LogP contribution < -0.4 is 5.69 Å². The molecule has 0 aliphatic carbocycles. The van der Waals surface area contributed by atoms with Crippen molar-refractivity contribution in [3.8, 4) is 0 Å². The Balaban J connectivity index is 2.38. The van der Waals surface area contributed by atoms with Crippen LogP contribution in [0.1, 0.15) is 18.5 Å². The van der Waals surface area contributed by atoms with E-state index < -0.39 is 36.1 Å². The molecule has 0 fully saturated rings. The van der Waals surface area contributed by atoms with Gasteiger partial charge in [0.2, 0.25) is 0 Å². The molecule has 0 bridgehead atoms. The van der Waals surface area contributed by atoms with E-state index in [9.17, 15) is 23.8 Å². The highest BCUT2D eigenvalue weighted by Crippen LogP contribution is 2.27. The lowest BCUT2D eigenvalue weighted by molar-refractivity contribution is 0.0639. The van der Waals surface area contributed by atoms with E-state index in [4.69, 9.17) is 0 Å². The molecule has 0 amide bonds. The van der Waals surface area contributed by atoms with Gasteiger partial charge in [-0.05, 0) is 36.8 Å². The van der Waals surface area contributed by atoms with Gasteiger partial charge in [-0.25, -0.2) is 13.6 Å². The third-order valence-corrected chi connectivity index (χ3v) is 4.27. The fourth-order valence-corrected chi connectivity index (χ4v) is 3.19. The first-order valence-corrected chi connectivity index (χ1v) is 7.93. The average Bonchev–Trinajstić information content (AvgIpc) is 2.88. The van der Waals surface area contributed by atoms with Crippen LogP contribution in [0.5, 0.6) is 0 Å². The number of aliphatic hydroxyl groups excluding tert-OH is 2. The number of halogens is 2. The van der Waals surface area contributed by atoms with Gasteiger partial charge < -0.3 is 10.2 Å². The predicted octanol–water partition coefficient (Wildman–Crippen LogP) is 2.04. The number of fused-ring (bicyclic) bond motifs is 1. The lowest BCUT2D eigenvalue weighted by Crippen LogP contribution is -2.36. The Morgan fingerprint density at radius 1 is 1.16 bits per heavy atom. The van der Waals surface area contributed by atoms with E-state index in [1.54, 1.807) is 13.0 Å². The molecule has 2 N–H and O–H groups in total. The predicted molar refractivity (Wildman–Crippen MR) is 89.5 cm³/mol. The summed E-state index contributed by atoms with van der Waals surface area (Å²) in [7, 11) is 0. The van der Waals surface area contributed by atoms with E-state index >= 15 is 0 Å². The maximum Gasteiger partial charge on any atom is 0.329 e. The van der Waals surface area contributed by atoms with E-state index in [1.807, 2.05) is 0 Å². The van der Waals surface area contributed by atoms with Crippen LogP contribution in [0.15, 0.2) is 47.3 Å². The number of rotatable bonds is 5. The van der Waals surface area contributed by atoms with Gasteiger partial charge in [0.25, 0.3) is 0 Å². The van der Waals surface area contributed by atoms with Crippen LogP contribution in [0.4, 0.5) is 8.78 Å². The Labute approximate surface area is 142 Å². The third kappa shape index (κ3) is 2.85. The summed E-state index contributed by atoms with van der Waals surface area (Å²) in [6, 6.07) is 8.53. The summed E-state index contributed by atoms with van der Waals surface area (Å²) in [6.45, 7) is 1.38. The molecule has 0 radical (unpaired) electrons. The minimum atomic E-state index is -1.41. The quantitative estimate of drug-likeness (QED) is 0.742. The molecule has 2 atom stereocenters. The Hall–Kier alpha value is -2.51. The van der Waals surface area contributed by atoms with Crippen LogP contribution in [0.2, 0.25) is 0 Å². The van der Waals surface area contributed by atoms with Crippen molar-refractivity contribution < 1.29 is 19.0 Å². The van der Waals surface area contributed by atoms with Gasteiger partial charge in [0, 0.05) is 6.54 Å². The largest absolute Gasteiger partial charge is 0.394 e. The van der Waals surface area contributed by atoms with Crippen molar-refractivity contribution in [1.29, 1.82) is 0 Å². The van der Waals surface area contributed by atoms with Crippen molar-refractivity contribution in [3.05, 3.63) is 70.1 Å². The van der Waals surface area contributed by atoms with Crippen LogP contribution >= 0.6 is 0 Å². The summed E-state index contributed by atoms with van der Waals surface area (Å²) in [6.07, 6.45) is -1.41. The fourth-order valence-electron chi connectivity index (χ4n) is 3.19. The first kappa shape index (κ1) is 17.3. The number of hydrogen-bond donors (Lipinski definition) is 2. The zero-order valence-corrected chi connectivity index (χ0v) is 13.6. The Bertz CT molecular complexity index is 965. The van der Waals surface area contributed by atoms with Gasteiger partial charge in [0.05, 0.1) is 18.2 Å². The van der Waals surface area contributed by atoms with E-state index in [0.29, 0.717) is 12.1 Å². The first-order valence-electron chi connectivity index (χ1n) is 7.93. The smallest absolute Gasteiger partial charge is 0.329 e. The third-order valence-electron chi connectivity index (χ3n) is 4.27. The number of aliphatic hydroxyl groups is 2. The zero-order valence-electron chi connectivity index (χ0n) is 13.6. The molecule has 0 spiro atoms. The summed E-state index contributed by atoms with van der Waals surface area (Å²) in [5.41, 5.74) is 0.113. The average molecular weight is 348 g/mol. The molecule has 132 valence electrons. The molecular formula is C18H18F2N2O3. The maximum absolute atomic E-state index is 14.5. The summed E-state index contributed by atoms with van der Waals surface area (Å²) >= 11 is 0. The van der Waals surface area contributed by atoms with Crippen LogP contribution in [-0.4, -0.2) is 32.1 Å². The molecule has 1 heterocycles. The van der Waals surface area contributed by atoms with Crippen molar-refractivity contribution >= 4 is 11.0 Å². The van der Waals surface area contributed by atoms with Crippen molar-refractivity contribution in [2.75, 3.05) is 6.61 Å². The van der Waals surface area contributed by atoms with Crippen LogP contribution in [-0.2, 0) is 6.54 Å². The molecule has 0 aliphatic heterocycles. The van der Waals surface area contributed by atoms with E-state index in [0.717, 1.165) is 10.6 Å².